The molecule has 1 saturated heterocycles. The summed E-state index contributed by atoms with van der Waals surface area (Å²) < 4.78 is 26.9. The quantitative estimate of drug-likeness (QED) is 0.530. The molecule has 0 radical (unpaired) electrons. The van der Waals surface area contributed by atoms with Crippen LogP contribution in [0, 0.1) is 12.8 Å². The summed E-state index contributed by atoms with van der Waals surface area (Å²) in [7, 11) is -3.57. The van der Waals surface area contributed by atoms with Crippen molar-refractivity contribution in [3.05, 3.63) is 35.7 Å². The average Bonchev–Trinajstić information content (AvgIpc) is 3.10. The summed E-state index contributed by atoms with van der Waals surface area (Å²) in [5.74, 6) is -0.156. The number of piperidine rings is 1. The van der Waals surface area contributed by atoms with Crippen LogP contribution in [0.25, 0.3) is 0 Å². The lowest BCUT2D eigenvalue weighted by atomic mass is 9.94. The Kier molecular flexibility index (Phi) is 7.73. The Hall–Kier alpha value is -2.04. The molecule has 0 spiro atoms. The Bertz CT molecular complexity index is 923. The van der Waals surface area contributed by atoms with Gasteiger partial charge in [0.1, 0.15) is 0 Å². The van der Waals surface area contributed by atoms with Crippen LogP contribution in [0.3, 0.4) is 0 Å². The molecule has 2 N–H and O–H groups in total. The average molecular weight is 442 g/mol. The molecular formula is C18H26ClN6O3S-. The molecule has 3 rings (SSSR count). The molecule has 2 aromatic rings. The van der Waals surface area contributed by atoms with E-state index in [1.165, 1.54) is 4.68 Å². The van der Waals surface area contributed by atoms with Crippen LogP contribution in [-0.4, -0.2) is 52.5 Å². The van der Waals surface area contributed by atoms with E-state index in [0.29, 0.717) is 31.8 Å². The van der Waals surface area contributed by atoms with E-state index in [0.717, 1.165) is 12.0 Å². The number of likely N-dealkylation sites (tertiary alicyclic amines) is 1. The van der Waals surface area contributed by atoms with Crippen LogP contribution in [0.15, 0.2) is 29.2 Å². The van der Waals surface area contributed by atoms with Crippen molar-refractivity contribution in [2.75, 3.05) is 13.1 Å². The molecule has 0 bridgehead atoms. The first-order chi connectivity index (χ1) is 13.3. The van der Waals surface area contributed by atoms with Gasteiger partial charge in [-0.25, -0.2) is 13.1 Å². The molecule has 160 valence electrons. The number of nitrogens with two attached hydrogens (primary N) is 1. The van der Waals surface area contributed by atoms with Gasteiger partial charge in [0.25, 0.3) is 0 Å². The number of halogens is 1. The molecule has 1 aromatic carbocycles. The maximum absolute atomic E-state index is 12.8. The molecule has 9 nitrogen and oxygen atoms in total. The van der Waals surface area contributed by atoms with Crippen LogP contribution in [0.1, 0.15) is 43.6 Å². The van der Waals surface area contributed by atoms with E-state index >= 15 is 0 Å². The Morgan fingerprint density at radius 1 is 1.24 bits per heavy atom. The minimum atomic E-state index is -3.57. The fourth-order valence-electron chi connectivity index (χ4n) is 3.62. The van der Waals surface area contributed by atoms with Crippen LogP contribution in [0.2, 0.25) is 0 Å². The maximum atomic E-state index is 12.8. The van der Waals surface area contributed by atoms with E-state index < -0.39 is 9.84 Å². The van der Waals surface area contributed by atoms with Crippen molar-refractivity contribution in [2.24, 2.45) is 11.7 Å². The molecule has 0 aliphatic carbocycles. The van der Waals surface area contributed by atoms with Gasteiger partial charge in [0.15, 0.2) is 21.5 Å². The monoisotopic (exact) mass is 441 g/mol. The molecular weight excluding hydrogens is 416 g/mol. The number of aromatic nitrogens is 4. The maximum Gasteiger partial charge on any atom is 0.220 e. The molecule has 1 unspecified atom stereocenters. The number of tetrazole rings is 1. The highest BCUT2D eigenvalue weighted by Crippen LogP contribution is 2.28. The number of hydrogen-bond donors (Lipinski definition) is 1. The number of rotatable bonds is 7. The van der Waals surface area contributed by atoms with Crippen LogP contribution < -0.4 is 18.1 Å². The molecule has 29 heavy (non-hydrogen) atoms. The number of carbonyl (C=O) groups excluding carboxylic acids is 1. The van der Waals surface area contributed by atoms with Crippen molar-refractivity contribution in [3.63, 3.8) is 0 Å². The molecule has 1 aromatic heterocycles. The van der Waals surface area contributed by atoms with Crippen molar-refractivity contribution in [1.29, 1.82) is 0 Å². The Morgan fingerprint density at radius 2 is 1.86 bits per heavy atom. The number of nitrogens with zero attached hydrogens (tertiary/aromatic N) is 5. The first kappa shape index (κ1) is 23.2. The Morgan fingerprint density at radius 3 is 2.41 bits per heavy atom. The van der Waals surface area contributed by atoms with Gasteiger partial charge in [-0.3, -0.25) is 9.69 Å². The summed E-state index contributed by atoms with van der Waals surface area (Å²) in [4.78, 5) is 13.8. The van der Waals surface area contributed by atoms with Gasteiger partial charge in [-0.05, 0) is 61.8 Å². The van der Waals surface area contributed by atoms with E-state index in [4.69, 9.17) is 5.73 Å². The van der Waals surface area contributed by atoms with Crippen molar-refractivity contribution in [3.8, 4) is 0 Å². The van der Waals surface area contributed by atoms with Crippen LogP contribution >= 0.6 is 0 Å². The third-order valence-corrected chi connectivity index (χ3v) is 6.86. The highest BCUT2D eigenvalue weighted by molar-refractivity contribution is 7.90. The predicted molar refractivity (Wildman–Crippen MR) is 103 cm³/mol. The summed E-state index contributed by atoms with van der Waals surface area (Å²) in [6.45, 7) is 5.31. The Labute approximate surface area is 177 Å². The van der Waals surface area contributed by atoms with E-state index in [-0.39, 0.29) is 41.0 Å². The lowest BCUT2D eigenvalue weighted by Crippen LogP contribution is -3.00. The number of benzene rings is 1. The summed E-state index contributed by atoms with van der Waals surface area (Å²) in [6.07, 6.45) is 2.11. The summed E-state index contributed by atoms with van der Waals surface area (Å²) in [5, 5.41) is 11.8. The second-order valence-electron chi connectivity index (χ2n) is 7.23. The molecule has 2 heterocycles. The van der Waals surface area contributed by atoms with E-state index in [2.05, 4.69) is 20.4 Å². The van der Waals surface area contributed by atoms with E-state index in [9.17, 15) is 13.2 Å². The van der Waals surface area contributed by atoms with Gasteiger partial charge in [-0.2, -0.15) is 0 Å². The summed E-state index contributed by atoms with van der Waals surface area (Å²) in [5.41, 5.74) is 6.41. The van der Waals surface area contributed by atoms with Crippen molar-refractivity contribution in [2.45, 2.75) is 49.9 Å². The third kappa shape index (κ3) is 5.31. The van der Waals surface area contributed by atoms with Gasteiger partial charge in [0.2, 0.25) is 5.91 Å². The molecule has 1 aliphatic rings. The van der Waals surface area contributed by atoms with Crippen molar-refractivity contribution >= 4 is 15.7 Å². The minimum absolute atomic E-state index is 0. The second kappa shape index (κ2) is 9.64. The molecule has 11 heteroatoms. The molecule has 0 saturated carbocycles. The van der Waals surface area contributed by atoms with Crippen molar-refractivity contribution < 1.29 is 25.6 Å². The smallest absolute Gasteiger partial charge is 0.220 e. The van der Waals surface area contributed by atoms with E-state index in [1.54, 1.807) is 24.3 Å². The van der Waals surface area contributed by atoms with Gasteiger partial charge >= 0.3 is 0 Å². The first-order valence-electron chi connectivity index (χ1n) is 9.40. The number of aryl methyl sites for hydroxylation is 1. The Balaban J connectivity index is 0.00000300. The summed E-state index contributed by atoms with van der Waals surface area (Å²) >= 11 is 0. The summed E-state index contributed by atoms with van der Waals surface area (Å²) in [6, 6.07) is 6.62. The standard InChI is InChI=1S/C18H26N6O3S.ClH/c1-3-16(23-10-8-14(9-11-23)17(19)25)18-20-21-22-24(18)12-28(26,27)15-6-4-13(2)5-7-15;/h4-7,14,16H,3,8-12H2,1-2H3,(H2,19,25);1H/p-1. The van der Waals surface area contributed by atoms with Gasteiger partial charge in [-0.1, -0.05) is 24.6 Å². The molecule has 1 fully saturated rings. The van der Waals surface area contributed by atoms with Gasteiger partial charge in [0, 0.05) is 5.92 Å². The first-order valence-corrected chi connectivity index (χ1v) is 11.1. The largest absolute Gasteiger partial charge is 1.00 e. The van der Waals surface area contributed by atoms with Crippen molar-refractivity contribution in [1.82, 2.24) is 25.1 Å². The lowest BCUT2D eigenvalue weighted by Gasteiger charge is -2.35. The molecule has 1 aliphatic heterocycles. The zero-order valence-electron chi connectivity index (χ0n) is 16.5. The van der Waals surface area contributed by atoms with E-state index in [1.807, 2.05) is 13.8 Å². The number of amides is 1. The van der Waals surface area contributed by atoms with Gasteiger partial charge in [-0.15, -0.1) is 5.10 Å². The molecule has 1 amide bonds. The van der Waals surface area contributed by atoms with Gasteiger partial charge < -0.3 is 18.1 Å². The fraction of sp³-hybridized carbons (Fsp3) is 0.556. The van der Waals surface area contributed by atoms with Gasteiger partial charge in [0.05, 0.1) is 10.9 Å². The number of hydrogen-bond acceptors (Lipinski definition) is 7. The SMILES string of the molecule is CCC(c1nnnn1CS(=O)(=O)c1ccc(C)cc1)N1CCC(C(N)=O)CC1.[Cl-]. The number of sulfone groups is 1. The third-order valence-electron chi connectivity index (χ3n) is 5.29. The highest BCUT2D eigenvalue weighted by Gasteiger charge is 2.31. The second-order valence-corrected chi connectivity index (χ2v) is 9.19. The predicted octanol–water partition coefficient (Wildman–Crippen LogP) is -1.93. The highest BCUT2D eigenvalue weighted by atomic mass is 35.5. The van der Waals surface area contributed by atoms with Crippen LogP contribution in [-0.2, 0) is 20.5 Å². The normalized spacial score (nSPS) is 16.9. The molecule has 1 atom stereocenters. The number of primary amides is 1. The fourth-order valence-corrected chi connectivity index (χ4v) is 4.83. The zero-order chi connectivity index (χ0) is 20.3. The van der Waals surface area contributed by atoms with Crippen LogP contribution in [0.5, 0.6) is 0 Å². The minimum Gasteiger partial charge on any atom is -1.00 e. The zero-order valence-corrected chi connectivity index (χ0v) is 18.1. The van der Waals surface area contributed by atoms with Crippen LogP contribution in [0.4, 0.5) is 0 Å². The topological polar surface area (TPSA) is 124 Å². The lowest BCUT2D eigenvalue weighted by molar-refractivity contribution is -0.123. The number of carbonyl (C=O) groups is 1.